The Morgan fingerprint density at radius 1 is 1.33 bits per heavy atom. The standard InChI is InChI=1S/C12H25NOS/c1-9(14)12(2,3)13-10-7-5-6-8-11(10)15-4/h9-11,13-14H,5-8H2,1-4H3. The number of aliphatic hydroxyl groups excluding tert-OH is 1. The van der Waals surface area contributed by atoms with Crippen molar-refractivity contribution in [2.45, 2.75) is 69.4 Å². The number of hydrogen-bond donors (Lipinski definition) is 2. The molecule has 3 heteroatoms. The van der Waals surface area contributed by atoms with Crippen LogP contribution in [0.25, 0.3) is 0 Å². The summed E-state index contributed by atoms with van der Waals surface area (Å²) in [5.74, 6) is 0. The van der Waals surface area contributed by atoms with E-state index in [0.717, 1.165) is 5.25 Å². The highest BCUT2D eigenvalue weighted by Gasteiger charge is 2.32. The van der Waals surface area contributed by atoms with Gasteiger partial charge in [0, 0.05) is 16.8 Å². The summed E-state index contributed by atoms with van der Waals surface area (Å²) in [7, 11) is 0. The molecule has 1 saturated carbocycles. The average Bonchev–Trinajstić information content (AvgIpc) is 2.18. The quantitative estimate of drug-likeness (QED) is 0.779. The molecule has 0 spiro atoms. The molecule has 1 fully saturated rings. The largest absolute Gasteiger partial charge is 0.392 e. The van der Waals surface area contributed by atoms with Crippen molar-refractivity contribution in [2.75, 3.05) is 6.26 Å². The van der Waals surface area contributed by atoms with Crippen molar-refractivity contribution in [3.05, 3.63) is 0 Å². The van der Waals surface area contributed by atoms with Gasteiger partial charge < -0.3 is 10.4 Å². The zero-order valence-corrected chi connectivity index (χ0v) is 11.2. The Labute approximate surface area is 98.2 Å². The first-order valence-electron chi connectivity index (χ1n) is 5.96. The summed E-state index contributed by atoms with van der Waals surface area (Å²) < 4.78 is 0. The minimum atomic E-state index is -0.304. The van der Waals surface area contributed by atoms with Crippen LogP contribution in [0.15, 0.2) is 0 Å². The summed E-state index contributed by atoms with van der Waals surface area (Å²) in [6, 6.07) is 0.568. The summed E-state index contributed by atoms with van der Waals surface area (Å²) in [5, 5.41) is 14.0. The third-order valence-electron chi connectivity index (χ3n) is 3.61. The Bertz CT molecular complexity index is 194. The maximum atomic E-state index is 9.70. The molecule has 0 amide bonds. The van der Waals surface area contributed by atoms with Gasteiger partial charge in [0.15, 0.2) is 0 Å². The fraction of sp³-hybridized carbons (Fsp3) is 1.00. The van der Waals surface area contributed by atoms with Crippen LogP contribution in [0.2, 0.25) is 0 Å². The normalized spacial score (nSPS) is 30.2. The van der Waals surface area contributed by atoms with Gasteiger partial charge in [-0.25, -0.2) is 0 Å². The van der Waals surface area contributed by atoms with Crippen LogP contribution in [0.1, 0.15) is 46.5 Å². The number of rotatable bonds is 4. The van der Waals surface area contributed by atoms with Crippen LogP contribution in [0.5, 0.6) is 0 Å². The van der Waals surface area contributed by atoms with Crippen LogP contribution in [0, 0.1) is 0 Å². The van der Waals surface area contributed by atoms with Crippen molar-refractivity contribution >= 4 is 11.8 Å². The van der Waals surface area contributed by atoms with Crippen molar-refractivity contribution < 1.29 is 5.11 Å². The molecular formula is C12H25NOS. The number of thioether (sulfide) groups is 1. The van der Waals surface area contributed by atoms with Gasteiger partial charge >= 0.3 is 0 Å². The number of nitrogens with one attached hydrogen (secondary N) is 1. The van der Waals surface area contributed by atoms with Crippen LogP contribution in [-0.4, -0.2) is 34.3 Å². The fourth-order valence-electron chi connectivity index (χ4n) is 2.14. The van der Waals surface area contributed by atoms with Crippen molar-refractivity contribution in [1.82, 2.24) is 5.32 Å². The molecule has 0 radical (unpaired) electrons. The van der Waals surface area contributed by atoms with E-state index in [9.17, 15) is 5.11 Å². The smallest absolute Gasteiger partial charge is 0.0688 e. The van der Waals surface area contributed by atoms with E-state index in [1.54, 1.807) is 0 Å². The lowest BCUT2D eigenvalue weighted by Gasteiger charge is -2.39. The van der Waals surface area contributed by atoms with E-state index in [-0.39, 0.29) is 11.6 Å². The monoisotopic (exact) mass is 231 g/mol. The predicted octanol–water partition coefficient (Wildman–Crippen LogP) is 2.41. The third kappa shape index (κ3) is 3.65. The molecule has 1 rings (SSSR count). The maximum absolute atomic E-state index is 9.70. The molecule has 1 aliphatic carbocycles. The zero-order chi connectivity index (χ0) is 11.5. The number of hydrogen-bond acceptors (Lipinski definition) is 3. The topological polar surface area (TPSA) is 32.3 Å². The van der Waals surface area contributed by atoms with Crippen molar-refractivity contribution in [1.29, 1.82) is 0 Å². The summed E-state index contributed by atoms with van der Waals surface area (Å²) in [4.78, 5) is 0. The lowest BCUT2D eigenvalue weighted by molar-refractivity contribution is 0.0840. The van der Waals surface area contributed by atoms with E-state index in [4.69, 9.17) is 0 Å². The summed E-state index contributed by atoms with van der Waals surface area (Å²) in [5.41, 5.74) is -0.171. The lowest BCUT2D eigenvalue weighted by atomic mass is 9.90. The molecule has 1 aliphatic rings. The second-order valence-corrected chi connectivity index (χ2v) is 6.28. The molecule has 0 aromatic carbocycles. The predicted molar refractivity (Wildman–Crippen MR) is 68.5 cm³/mol. The van der Waals surface area contributed by atoms with E-state index in [2.05, 4.69) is 25.4 Å². The van der Waals surface area contributed by atoms with Crippen LogP contribution < -0.4 is 5.32 Å². The minimum Gasteiger partial charge on any atom is -0.392 e. The molecule has 0 saturated heterocycles. The van der Waals surface area contributed by atoms with Gasteiger partial charge in [-0.1, -0.05) is 12.8 Å². The molecule has 3 unspecified atom stereocenters. The van der Waals surface area contributed by atoms with E-state index in [1.807, 2.05) is 18.7 Å². The second kappa shape index (κ2) is 5.55. The first-order chi connectivity index (χ1) is 6.97. The second-order valence-electron chi connectivity index (χ2n) is 5.21. The third-order valence-corrected chi connectivity index (χ3v) is 4.78. The molecule has 2 nitrogen and oxygen atoms in total. The summed E-state index contributed by atoms with van der Waals surface area (Å²) in [6.07, 6.45) is 7.14. The van der Waals surface area contributed by atoms with Gasteiger partial charge in [0.2, 0.25) is 0 Å². The van der Waals surface area contributed by atoms with Crippen LogP contribution in [0.4, 0.5) is 0 Å². The Balaban J connectivity index is 2.54. The molecule has 0 bridgehead atoms. The Hall–Kier alpha value is 0.270. The number of aliphatic hydroxyl groups is 1. The van der Waals surface area contributed by atoms with Crippen molar-refractivity contribution in [2.24, 2.45) is 0 Å². The molecule has 3 atom stereocenters. The van der Waals surface area contributed by atoms with E-state index in [0.29, 0.717) is 6.04 Å². The maximum Gasteiger partial charge on any atom is 0.0688 e. The zero-order valence-electron chi connectivity index (χ0n) is 10.4. The van der Waals surface area contributed by atoms with Gasteiger partial charge in [-0.05, 0) is 39.9 Å². The van der Waals surface area contributed by atoms with Gasteiger partial charge in [-0.2, -0.15) is 11.8 Å². The lowest BCUT2D eigenvalue weighted by Crippen LogP contribution is -2.56. The highest BCUT2D eigenvalue weighted by Crippen LogP contribution is 2.28. The van der Waals surface area contributed by atoms with Gasteiger partial charge in [0.05, 0.1) is 6.10 Å². The van der Waals surface area contributed by atoms with Gasteiger partial charge in [0.25, 0.3) is 0 Å². The van der Waals surface area contributed by atoms with Gasteiger partial charge in [0.1, 0.15) is 0 Å². The molecule has 0 aliphatic heterocycles. The highest BCUT2D eigenvalue weighted by atomic mass is 32.2. The molecule has 90 valence electrons. The molecule has 0 aromatic rings. The van der Waals surface area contributed by atoms with Crippen LogP contribution in [-0.2, 0) is 0 Å². The molecule has 0 aromatic heterocycles. The minimum absolute atomic E-state index is 0.171. The van der Waals surface area contributed by atoms with E-state index < -0.39 is 0 Å². The van der Waals surface area contributed by atoms with Crippen LogP contribution >= 0.6 is 11.8 Å². The first-order valence-corrected chi connectivity index (χ1v) is 7.24. The van der Waals surface area contributed by atoms with Crippen molar-refractivity contribution in [3.8, 4) is 0 Å². The summed E-state index contributed by atoms with van der Waals surface area (Å²) in [6.45, 7) is 6.04. The molecular weight excluding hydrogens is 206 g/mol. The molecule has 0 heterocycles. The fourth-order valence-corrected chi connectivity index (χ4v) is 3.08. The highest BCUT2D eigenvalue weighted by molar-refractivity contribution is 7.99. The Morgan fingerprint density at radius 3 is 2.47 bits per heavy atom. The van der Waals surface area contributed by atoms with E-state index >= 15 is 0 Å². The Kier molecular flexibility index (Phi) is 4.94. The molecule has 15 heavy (non-hydrogen) atoms. The van der Waals surface area contributed by atoms with Gasteiger partial charge in [-0.3, -0.25) is 0 Å². The van der Waals surface area contributed by atoms with Crippen molar-refractivity contribution in [3.63, 3.8) is 0 Å². The average molecular weight is 231 g/mol. The Morgan fingerprint density at radius 2 is 1.93 bits per heavy atom. The first kappa shape index (κ1) is 13.3. The SMILES string of the molecule is CSC1CCCCC1NC(C)(C)C(C)O. The van der Waals surface area contributed by atoms with Gasteiger partial charge in [-0.15, -0.1) is 0 Å². The summed E-state index contributed by atoms with van der Waals surface area (Å²) >= 11 is 1.96. The van der Waals surface area contributed by atoms with Crippen LogP contribution in [0.3, 0.4) is 0 Å². The molecule has 2 N–H and O–H groups in total. The van der Waals surface area contributed by atoms with E-state index in [1.165, 1.54) is 25.7 Å².